The van der Waals surface area contributed by atoms with E-state index in [1.165, 1.54) is 37.8 Å². The second-order valence-electron chi connectivity index (χ2n) is 7.33. The molecule has 0 radical (unpaired) electrons. The highest BCUT2D eigenvalue weighted by Gasteiger charge is 2.38. The van der Waals surface area contributed by atoms with Crippen molar-refractivity contribution in [3.63, 3.8) is 0 Å². The van der Waals surface area contributed by atoms with Gasteiger partial charge in [0, 0.05) is 0 Å². The lowest BCUT2D eigenvalue weighted by Crippen LogP contribution is -2.52. The summed E-state index contributed by atoms with van der Waals surface area (Å²) in [6, 6.07) is 2.53. The Morgan fingerprint density at radius 3 is 1.21 bits per heavy atom. The first-order valence-corrected chi connectivity index (χ1v) is 17.0. The molecule has 19 heavy (non-hydrogen) atoms. The van der Waals surface area contributed by atoms with Crippen molar-refractivity contribution in [3.8, 4) is 0 Å². The topological polar surface area (TPSA) is 18.5 Å². The van der Waals surface area contributed by atoms with Crippen molar-refractivity contribution < 1.29 is 8.23 Å². The van der Waals surface area contributed by atoms with E-state index < -0.39 is 25.2 Å². The van der Waals surface area contributed by atoms with Crippen LogP contribution in [0.3, 0.4) is 0 Å². The number of unbranched alkanes of at least 4 members (excludes halogenated alkanes) is 2. The standard InChI is InChI=1S/C14H36O2Si3/c1-9-11-13-17(3,4)15-19(7,8)16-18(5,6)14-12-10-2/h9-14H2,1-8H3. The van der Waals surface area contributed by atoms with E-state index in [0.29, 0.717) is 0 Å². The summed E-state index contributed by atoms with van der Waals surface area (Å²) >= 11 is 0. The minimum atomic E-state index is -1.95. The average Bonchev–Trinajstić information content (AvgIpc) is 2.20. The minimum absolute atomic E-state index is 1.26. The first-order chi connectivity index (χ1) is 8.54. The highest BCUT2D eigenvalue weighted by atomic mass is 28.5. The Bertz CT molecular complexity index is 229. The smallest absolute Gasteiger partial charge is 0.311 e. The molecule has 0 bridgehead atoms. The van der Waals surface area contributed by atoms with Gasteiger partial charge in [-0.15, -0.1) is 0 Å². The van der Waals surface area contributed by atoms with Crippen molar-refractivity contribution in [2.75, 3.05) is 0 Å². The third kappa shape index (κ3) is 10.0. The molecule has 0 unspecified atom stereocenters. The lowest BCUT2D eigenvalue weighted by atomic mass is 10.4. The molecule has 0 aliphatic rings. The van der Waals surface area contributed by atoms with Gasteiger partial charge in [0.05, 0.1) is 0 Å². The number of hydrogen-bond acceptors (Lipinski definition) is 2. The van der Waals surface area contributed by atoms with Crippen LogP contribution in [0.5, 0.6) is 0 Å². The molecule has 5 heteroatoms. The third-order valence-electron chi connectivity index (χ3n) is 3.31. The molecule has 2 nitrogen and oxygen atoms in total. The molecule has 0 aromatic heterocycles. The zero-order valence-electron chi connectivity index (χ0n) is 14.6. The van der Waals surface area contributed by atoms with Crippen LogP contribution in [0, 0.1) is 0 Å². The van der Waals surface area contributed by atoms with Crippen LogP contribution in [-0.2, 0) is 8.23 Å². The maximum atomic E-state index is 6.53. The maximum Gasteiger partial charge on any atom is 0.311 e. The van der Waals surface area contributed by atoms with Gasteiger partial charge in [0.15, 0.2) is 16.6 Å². The predicted octanol–water partition coefficient (Wildman–Crippen LogP) is 5.73. The Morgan fingerprint density at radius 2 is 0.947 bits per heavy atom. The van der Waals surface area contributed by atoms with Crippen molar-refractivity contribution in [2.24, 2.45) is 0 Å². The van der Waals surface area contributed by atoms with E-state index in [0.717, 1.165) is 0 Å². The summed E-state index contributed by atoms with van der Waals surface area (Å²) < 4.78 is 13.1. The summed E-state index contributed by atoms with van der Waals surface area (Å²) in [6.45, 7) is 18.4. The van der Waals surface area contributed by atoms with Crippen LogP contribution in [0.2, 0.25) is 51.4 Å². The third-order valence-corrected chi connectivity index (χ3v) is 14.8. The Balaban J connectivity index is 4.44. The fourth-order valence-corrected chi connectivity index (χ4v) is 17.1. The minimum Gasteiger partial charge on any atom is -0.437 e. The molecule has 0 saturated carbocycles. The van der Waals surface area contributed by atoms with Crippen molar-refractivity contribution >= 4 is 25.2 Å². The summed E-state index contributed by atoms with van der Waals surface area (Å²) in [5.41, 5.74) is 0. The molecular weight excluding hydrogens is 284 g/mol. The SMILES string of the molecule is CCCC[Si](C)(C)O[Si](C)(C)O[Si](C)(C)CCCC. The van der Waals surface area contributed by atoms with Gasteiger partial charge < -0.3 is 8.23 Å². The van der Waals surface area contributed by atoms with Crippen LogP contribution in [-0.4, -0.2) is 25.2 Å². The second kappa shape index (κ2) is 8.12. The predicted molar refractivity (Wildman–Crippen MR) is 94.0 cm³/mol. The molecule has 0 aromatic carbocycles. The molecule has 0 N–H and O–H groups in total. The van der Waals surface area contributed by atoms with E-state index in [-0.39, 0.29) is 0 Å². The van der Waals surface area contributed by atoms with Crippen LogP contribution in [0.1, 0.15) is 39.5 Å². The molecule has 0 aromatic rings. The van der Waals surface area contributed by atoms with Gasteiger partial charge in [-0.1, -0.05) is 39.5 Å². The molecule has 0 rings (SSSR count). The fourth-order valence-electron chi connectivity index (χ4n) is 2.66. The van der Waals surface area contributed by atoms with Gasteiger partial charge in [0.2, 0.25) is 0 Å². The Hall–Kier alpha value is 0.571. The summed E-state index contributed by atoms with van der Waals surface area (Å²) in [4.78, 5) is 0. The van der Waals surface area contributed by atoms with E-state index >= 15 is 0 Å². The van der Waals surface area contributed by atoms with E-state index in [9.17, 15) is 0 Å². The monoisotopic (exact) mass is 320 g/mol. The molecule has 0 amide bonds. The molecule has 0 aliphatic heterocycles. The van der Waals surface area contributed by atoms with Gasteiger partial charge in [-0.05, 0) is 51.4 Å². The van der Waals surface area contributed by atoms with Crippen molar-refractivity contribution in [1.29, 1.82) is 0 Å². The second-order valence-corrected chi connectivity index (χ2v) is 19.8. The van der Waals surface area contributed by atoms with Crippen LogP contribution in [0.4, 0.5) is 0 Å². The maximum absolute atomic E-state index is 6.53. The van der Waals surface area contributed by atoms with Gasteiger partial charge >= 0.3 is 8.56 Å². The normalized spacial score (nSPS) is 13.9. The average molecular weight is 321 g/mol. The van der Waals surface area contributed by atoms with E-state index in [2.05, 4.69) is 53.1 Å². The van der Waals surface area contributed by atoms with Gasteiger partial charge in [0.25, 0.3) is 0 Å². The molecule has 0 atom stereocenters. The van der Waals surface area contributed by atoms with Crippen LogP contribution < -0.4 is 0 Å². The molecule has 116 valence electrons. The molecule has 0 aliphatic carbocycles. The lowest BCUT2D eigenvalue weighted by Gasteiger charge is -2.38. The molecule has 0 heterocycles. The van der Waals surface area contributed by atoms with Gasteiger partial charge in [-0.3, -0.25) is 0 Å². The van der Waals surface area contributed by atoms with Gasteiger partial charge in [-0.2, -0.15) is 0 Å². The molecule has 0 saturated heterocycles. The quantitative estimate of drug-likeness (QED) is 0.478. The van der Waals surface area contributed by atoms with Crippen LogP contribution in [0.25, 0.3) is 0 Å². The Morgan fingerprint density at radius 1 is 0.632 bits per heavy atom. The van der Waals surface area contributed by atoms with Crippen molar-refractivity contribution in [2.45, 2.75) is 90.9 Å². The Labute approximate surface area is 124 Å². The molecular formula is C14H36O2Si3. The van der Waals surface area contributed by atoms with Gasteiger partial charge in [-0.25, -0.2) is 0 Å². The van der Waals surface area contributed by atoms with Crippen molar-refractivity contribution in [1.82, 2.24) is 0 Å². The molecule has 0 fully saturated rings. The summed E-state index contributed by atoms with van der Waals surface area (Å²) in [6.07, 6.45) is 5.11. The van der Waals surface area contributed by atoms with E-state index in [4.69, 9.17) is 8.23 Å². The highest BCUT2D eigenvalue weighted by Crippen LogP contribution is 2.26. The number of hydrogen-bond donors (Lipinski definition) is 0. The molecule has 0 spiro atoms. The van der Waals surface area contributed by atoms with Crippen LogP contribution >= 0.6 is 0 Å². The van der Waals surface area contributed by atoms with Gasteiger partial charge in [0.1, 0.15) is 0 Å². The largest absolute Gasteiger partial charge is 0.437 e. The fraction of sp³-hybridized carbons (Fsp3) is 1.00. The summed E-state index contributed by atoms with van der Waals surface area (Å²) in [7, 11) is -5.01. The Kier molecular flexibility index (Phi) is 8.36. The van der Waals surface area contributed by atoms with E-state index in [1.807, 2.05) is 0 Å². The zero-order valence-corrected chi connectivity index (χ0v) is 17.6. The lowest BCUT2D eigenvalue weighted by molar-refractivity contribution is 0.386. The first kappa shape index (κ1) is 19.6. The van der Waals surface area contributed by atoms with Crippen LogP contribution in [0.15, 0.2) is 0 Å². The summed E-state index contributed by atoms with van der Waals surface area (Å²) in [5, 5.41) is 0. The number of rotatable bonds is 10. The first-order valence-electron chi connectivity index (χ1n) is 7.94. The highest BCUT2D eigenvalue weighted by molar-refractivity contribution is 6.87. The summed E-state index contributed by atoms with van der Waals surface area (Å²) in [5.74, 6) is 0. The van der Waals surface area contributed by atoms with Crippen molar-refractivity contribution in [3.05, 3.63) is 0 Å². The van der Waals surface area contributed by atoms with E-state index in [1.54, 1.807) is 0 Å². The zero-order chi connectivity index (χ0) is 15.2.